The van der Waals surface area contributed by atoms with Crippen LogP contribution in [0.2, 0.25) is 0 Å². The number of Topliss-reactive ketones (excluding diaryl/α,β-unsaturated/α-hetero) is 1. The minimum absolute atomic E-state index is 0.00744. The molecule has 10 aliphatic heterocycles. The van der Waals surface area contributed by atoms with Crippen molar-refractivity contribution in [3.05, 3.63) is 143 Å². The Hall–Kier alpha value is -13.2. The number of carbonyl (C=O) groups excluding carboxylic acids is 16. The number of nitrogens with one attached hydrogen (secondary N) is 7. The third-order valence-corrected chi connectivity index (χ3v) is 21.2. The fourth-order valence-corrected chi connectivity index (χ4v) is 14.6. The Balaban J connectivity index is 0.892. The van der Waals surface area contributed by atoms with Crippen LogP contribution in [-0.2, 0) is 80.2 Å². The molecule has 10 aliphatic rings. The van der Waals surface area contributed by atoms with Gasteiger partial charge in [0.05, 0.1) is 74.6 Å². The number of methoxy groups -OCH3 is 2. The smallest absolute Gasteiger partial charge is 0.414 e. The summed E-state index contributed by atoms with van der Waals surface area (Å²) < 4.78 is 36.3. The molecule has 15 amide bonds. The number of benzene rings is 4. The third-order valence-electron chi connectivity index (χ3n) is 21.2. The van der Waals surface area contributed by atoms with Gasteiger partial charge in [-0.15, -0.1) is 0 Å². The maximum atomic E-state index is 15.2. The molecule has 14 rings (SSSR count). The van der Waals surface area contributed by atoms with E-state index in [1.165, 1.54) is 100 Å². The second kappa shape index (κ2) is 37.1. The summed E-state index contributed by atoms with van der Waals surface area (Å²) in [5.74, 6) is -13.7. The fraction of sp³-hybridized carbons (Fsp3) is 0.422. The number of rotatable bonds is 12. The minimum atomic E-state index is -2.19. The maximum absolute atomic E-state index is 15.2. The highest BCUT2D eigenvalue weighted by molar-refractivity contribution is 6.14. The molecule has 9 atom stereocenters. The van der Waals surface area contributed by atoms with Gasteiger partial charge < -0.3 is 75.4 Å². The van der Waals surface area contributed by atoms with E-state index >= 15 is 9.59 Å². The summed E-state index contributed by atoms with van der Waals surface area (Å²) in [4.78, 5) is 232. The molecule has 35 nitrogen and oxygen atoms in total. The van der Waals surface area contributed by atoms with Crippen molar-refractivity contribution in [2.45, 2.75) is 162 Å². The highest BCUT2D eigenvalue weighted by Crippen LogP contribution is 2.44. The van der Waals surface area contributed by atoms with E-state index in [-0.39, 0.29) is 96.3 Å². The lowest BCUT2D eigenvalue weighted by molar-refractivity contribution is -0.141. The van der Waals surface area contributed by atoms with Gasteiger partial charge in [-0.2, -0.15) is 0 Å². The lowest BCUT2D eigenvalue weighted by atomic mass is 9.86. The van der Waals surface area contributed by atoms with Crippen LogP contribution in [0.1, 0.15) is 133 Å². The highest BCUT2D eigenvalue weighted by Gasteiger charge is 2.46. The van der Waals surface area contributed by atoms with Crippen LogP contribution in [0.25, 0.3) is 0 Å². The summed E-state index contributed by atoms with van der Waals surface area (Å²) in [6.07, 6.45) is 4.76. The van der Waals surface area contributed by atoms with E-state index in [1.807, 2.05) is 13.8 Å². The molecule has 624 valence electrons. The topological polar surface area (TPSA) is 432 Å². The van der Waals surface area contributed by atoms with Gasteiger partial charge in [0.15, 0.2) is 28.8 Å². The molecule has 0 aromatic heterocycles. The van der Waals surface area contributed by atoms with Gasteiger partial charge in [0.25, 0.3) is 35.4 Å². The van der Waals surface area contributed by atoms with Gasteiger partial charge in [0.1, 0.15) is 43.4 Å². The Bertz CT molecular complexity index is 4810. The van der Waals surface area contributed by atoms with Gasteiger partial charge in [-0.05, 0) is 107 Å². The van der Waals surface area contributed by atoms with Crippen LogP contribution < -0.4 is 66.0 Å². The van der Waals surface area contributed by atoms with Gasteiger partial charge in [0.2, 0.25) is 41.4 Å². The molecular weight excluding hydrogens is 1530 g/mol. The van der Waals surface area contributed by atoms with Crippen molar-refractivity contribution in [1.29, 1.82) is 0 Å². The molecule has 1 unspecified atom stereocenters. The van der Waals surface area contributed by atoms with Crippen LogP contribution in [0.5, 0.6) is 23.0 Å². The van der Waals surface area contributed by atoms with Crippen molar-refractivity contribution in [2.24, 2.45) is 17.8 Å². The normalized spacial score (nSPS) is 23.4. The predicted octanol–water partition coefficient (Wildman–Crippen LogP) is 5.36. The summed E-state index contributed by atoms with van der Waals surface area (Å²) in [5, 5.41) is 18.0. The first kappa shape index (κ1) is 85.6. The molecule has 8 bridgehead atoms. The fourth-order valence-electron chi connectivity index (χ4n) is 14.6. The van der Waals surface area contributed by atoms with E-state index in [0.717, 1.165) is 45.3 Å². The van der Waals surface area contributed by atoms with E-state index < -0.39 is 193 Å². The predicted molar refractivity (Wildman–Crippen MR) is 423 cm³/mol. The average molecular weight is 1630 g/mol. The number of anilines is 4. The van der Waals surface area contributed by atoms with E-state index in [2.05, 4.69) is 37.2 Å². The van der Waals surface area contributed by atoms with Crippen LogP contribution in [0.4, 0.5) is 32.3 Å². The Morgan fingerprint density at radius 2 is 0.983 bits per heavy atom. The van der Waals surface area contributed by atoms with Crippen LogP contribution >= 0.6 is 0 Å². The molecule has 7 N–H and O–H groups in total. The first-order chi connectivity index (χ1) is 56.2. The molecule has 0 saturated carbocycles. The Morgan fingerprint density at radius 3 is 1.49 bits per heavy atom. The first-order valence-corrected chi connectivity index (χ1v) is 38.7. The summed E-state index contributed by atoms with van der Waals surface area (Å²) >= 11 is 0. The van der Waals surface area contributed by atoms with Gasteiger partial charge in [-0.3, -0.25) is 86.7 Å². The molecule has 0 radical (unpaired) electrons. The van der Waals surface area contributed by atoms with Gasteiger partial charge in [-0.25, -0.2) is 9.59 Å². The van der Waals surface area contributed by atoms with Crippen LogP contribution in [0.3, 0.4) is 0 Å². The van der Waals surface area contributed by atoms with Crippen molar-refractivity contribution in [2.75, 3.05) is 67.5 Å². The van der Waals surface area contributed by atoms with Crippen molar-refractivity contribution in [1.82, 2.24) is 46.2 Å². The van der Waals surface area contributed by atoms with Gasteiger partial charge in [-0.1, -0.05) is 63.1 Å². The van der Waals surface area contributed by atoms with E-state index in [1.54, 1.807) is 67.2 Å². The molecule has 10 heterocycles. The van der Waals surface area contributed by atoms with Crippen molar-refractivity contribution < 1.29 is 105 Å². The monoisotopic (exact) mass is 1630 g/mol. The number of nitrogens with zero attached hydrogens (tertiary/aromatic N) is 6. The average Bonchev–Trinajstić information content (AvgIpc) is 1.60. The number of carbonyl (C=O) groups is 16. The Morgan fingerprint density at radius 1 is 0.517 bits per heavy atom. The molecule has 4 aromatic carbocycles. The number of imide groups is 2. The van der Waals surface area contributed by atoms with Gasteiger partial charge in [0, 0.05) is 105 Å². The second-order valence-corrected chi connectivity index (χ2v) is 30.4. The molecule has 0 saturated heterocycles. The third kappa shape index (κ3) is 19.6. The lowest BCUT2D eigenvalue weighted by Gasteiger charge is -2.33. The number of hydrogen-bond donors (Lipinski definition) is 7. The zero-order valence-corrected chi connectivity index (χ0v) is 67.1. The van der Waals surface area contributed by atoms with E-state index in [9.17, 15) is 67.1 Å². The second-order valence-electron chi connectivity index (χ2n) is 30.4. The minimum Gasteiger partial charge on any atom is -0.493 e. The molecule has 0 aliphatic carbocycles. The standard InChI is InChI=1S/C83H95N13O22/c1-43(2)55-33-61(97)73(88-66(98)25-27-91-68(100)21-22-69(91)101)74(89-67(99)26-28-92-70(102)23-24-71(92)103)79(108)90-72(44(3)4)78(107)85-48(8)76(105)87-53-19-15-51(16-20-53)42-118-83(112)96-49(9)58-32-46(6)39-94(58)81(110)57-35-63(114-11)65(37-60(57)96)116-30-12-29-115-64-36-59-56(34-62(64)113-10)80(109)93-38-45(5)31-54(93)40-95(59)82(111)117-41-50-13-17-52(18-14-50)86-75(104)47(7)84-77(55)106/h13-24,34-39,43-44,47-49,54-55,58,72-74H,12,25-33,40-42H2,1-11H3,(H,84,106)(H,85,107)(H,86,104)(H,87,105)(H,88,98)(H,89,99)(H,90,108)/t47-,48-,49?,54-,55-,58-,72-,73+,74-/m0/s1. The SMILES string of the molecule is COc1cc2c3cc1OCCCOc1cc4c(cc1OC)C(=O)N1C=C(C)C[C@H]1C(C)N4C(=O)OCc1ccc(cc1)NC(=O)[C@H](C)NC(=O)[C@H](C(C)C)NC(=O)[C@@H](NC(=O)CCN1C(=O)C=CC1=O)[C@H](NC(=O)CCN1C(=O)C=CC1=O)C(=O)C[C@@H](C(C)C)C(=O)N[C@@H](C)C(=O)Nc1ccc(cc1)COC(=O)N3C[C@@H]1CC(C)=CN1C2=O. The van der Waals surface area contributed by atoms with Crippen LogP contribution in [0.15, 0.2) is 121 Å². The number of amides is 15. The number of hydrogen-bond acceptors (Lipinski definition) is 22. The molecule has 0 fully saturated rings. The number of ether oxygens (including phenoxy) is 6. The molecular formula is C83H95N13O22. The zero-order chi connectivity index (χ0) is 85.2. The first-order valence-electron chi connectivity index (χ1n) is 38.7. The highest BCUT2D eigenvalue weighted by atomic mass is 16.6. The molecule has 4 aromatic rings. The maximum Gasteiger partial charge on any atom is 0.414 e. The van der Waals surface area contributed by atoms with E-state index in [0.29, 0.717) is 24.0 Å². The van der Waals surface area contributed by atoms with Crippen LogP contribution in [-0.4, -0.2) is 210 Å². The largest absolute Gasteiger partial charge is 0.493 e. The summed E-state index contributed by atoms with van der Waals surface area (Å²) in [7, 11) is 2.82. The summed E-state index contributed by atoms with van der Waals surface area (Å²) in [6, 6.07) is 8.27. The quantitative estimate of drug-likeness (QED) is 0.0877. The molecule has 118 heavy (non-hydrogen) atoms. The van der Waals surface area contributed by atoms with E-state index in [4.69, 9.17) is 28.4 Å². The van der Waals surface area contributed by atoms with Gasteiger partial charge >= 0.3 is 12.2 Å². The molecule has 35 heteroatoms. The zero-order valence-electron chi connectivity index (χ0n) is 67.1. The number of ketones is 1. The Labute approximate surface area is 679 Å². The van der Waals surface area contributed by atoms with Crippen molar-refractivity contribution in [3.8, 4) is 23.0 Å². The van der Waals surface area contributed by atoms with Crippen LogP contribution in [0, 0.1) is 17.8 Å². The molecule has 0 spiro atoms. The summed E-state index contributed by atoms with van der Waals surface area (Å²) in [6.45, 7) is 12.9. The summed E-state index contributed by atoms with van der Waals surface area (Å²) in [5.41, 5.74) is 3.82. The lowest BCUT2D eigenvalue weighted by Crippen LogP contribution is -2.64. The number of fused-ring (bicyclic) bond motifs is 2. The van der Waals surface area contributed by atoms with Crippen molar-refractivity contribution >= 4 is 118 Å². The van der Waals surface area contributed by atoms with Crippen molar-refractivity contribution in [3.63, 3.8) is 0 Å². The Kier molecular flexibility index (Phi) is 27.0.